The third-order valence-corrected chi connectivity index (χ3v) is 6.35. The van der Waals surface area contributed by atoms with Crippen molar-refractivity contribution in [3.63, 3.8) is 0 Å². The van der Waals surface area contributed by atoms with Gasteiger partial charge in [0.25, 0.3) is 0 Å². The monoisotopic (exact) mass is 344 g/mol. The number of likely N-dealkylation sites (tertiary alicyclic amines) is 1. The molecule has 24 heavy (non-hydrogen) atoms. The Morgan fingerprint density at radius 2 is 2.29 bits per heavy atom. The van der Waals surface area contributed by atoms with Crippen molar-refractivity contribution in [2.75, 3.05) is 31.6 Å². The SMILES string of the molecule is CN(CC(=O)N1CCC[C@@H]1c1nc2ccccc2[nH]1)[C@H]1CCSC1. The highest BCUT2D eigenvalue weighted by atomic mass is 32.2. The third kappa shape index (κ3) is 3.05. The number of nitrogens with one attached hydrogen (secondary N) is 1. The molecule has 5 nitrogen and oxygen atoms in total. The zero-order valence-electron chi connectivity index (χ0n) is 14.1. The van der Waals surface area contributed by atoms with Crippen LogP contribution >= 0.6 is 11.8 Å². The number of nitrogens with zero attached hydrogens (tertiary/aromatic N) is 3. The summed E-state index contributed by atoms with van der Waals surface area (Å²) in [4.78, 5) is 25.2. The molecule has 4 rings (SSSR count). The quantitative estimate of drug-likeness (QED) is 0.926. The second-order valence-electron chi connectivity index (χ2n) is 6.82. The summed E-state index contributed by atoms with van der Waals surface area (Å²) in [6.45, 7) is 1.36. The summed E-state index contributed by atoms with van der Waals surface area (Å²) in [6.07, 6.45) is 3.24. The lowest BCUT2D eigenvalue weighted by molar-refractivity contribution is -0.133. The first-order chi connectivity index (χ1) is 11.7. The van der Waals surface area contributed by atoms with Crippen LogP contribution in [0, 0.1) is 0 Å². The van der Waals surface area contributed by atoms with Crippen molar-refractivity contribution >= 4 is 28.7 Å². The molecule has 0 aliphatic carbocycles. The first-order valence-electron chi connectivity index (χ1n) is 8.74. The number of para-hydroxylation sites is 2. The van der Waals surface area contributed by atoms with Crippen LogP contribution in [0.4, 0.5) is 0 Å². The largest absolute Gasteiger partial charge is 0.340 e. The van der Waals surface area contributed by atoms with Crippen molar-refractivity contribution in [3.8, 4) is 0 Å². The molecule has 1 aromatic heterocycles. The minimum atomic E-state index is 0.0938. The first-order valence-corrected chi connectivity index (χ1v) is 9.90. The number of imidazole rings is 1. The summed E-state index contributed by atoms with van der Waals surface area (Å²) in [5.41, 5.74) is 2.03. The summed E-state index contributed by atoms with van der Waals surface area (Å²) >= 11 is 1.99. The summed E-state index contributed by atoms with van der Waals surface area (Å²) in [5.74, 6) is 3.53. The highest BCUT2D eigenvalue weighted by molar-refractivity contribution is 7.99. The Kier molecular flexibility index (Phi) is 4.50. The number of fused-ring (bicyclic) bond motifs is 1. The van der Waals surface area contributed by atoms with E-state index < -0.39 is 0 Å². The molecule has 2 aliphatic heterocycles. The second-order valence-corrected chi connectivity index (χ2v) is 7.97. The molecule has 3 heterocycles. The second kappa shape index (κ2) is 6.76. The van der Waals surface area contributed by atoms with Gasteiger partial charge >= 0.3 is 0 Å². The maximum absolute atomic E-state index is 12.8. The standard InChI is InChI=1S/C18H24N4OS/c1-21(13-8-10-24-12-13)11-17(23)22-9-4-7-16(22)18-19-14-5-2-3-6-15(14)20-18/h2-3,5-6,13,16H,4,7-12H2,1H3,(H,19,20)/t13-,16+/m0/s1. The van der Waals surface area contributed by atoms with Crippen LogP contribution in [-0.4, -0.2) is 63.4 Å². The van der Waals surface area contributed by atoms with Gasteiger partial charge in [-0.15, -0.1) is 0 Å². The number of rotatable bonds is 4. The highest BCUT2D eigenvalue weighted by Crippen LogP contribution is 2.31. The number of likely N-dealkylation sites (N-methyl/N-ethyl adjacent to an activating group) is 1. The van der Waals surface area contributed by atoms with E-state index in [0.717, 1.165) is 42.0 Å². The normalized spacial score (nSPS) is 24.3. The summed E-state index contributed by atoms with van der Waals surface area (Å²) < 4.78 is 0. The van der Waals surface area contributed by atoms with Gasteiger partial charge in [0.2, 0.25) is 5.91 Å². The van der Waals surface area contributed by atoms with Crippen LogP contribution in [0.1, 0.15) is 31.1 Å². The van der Waals surface area contributed by atoms with E-state index in [9.17, 15) is 4.79 Å². The molecule has 128 valence electrons. The van der Waals surface area contributed by atoms with Crippen molar-refractivity contribution in [1.29, 1.82) is 0 Å². The van der Waals surface area contributed by atoms with Gasteiger partial charge in [-0.3, -0.25) is 9.69 Å². The van der Waals surface area contributed by atoms with Gasteiger partial charge in [-0.1, -0.05) is 12.1 Å². The number of H-pyrrole nitrogens is 1. The number of aromatic amines is 1. The van der Waals surface area contributed by atoms with Crippen molar-refractivity contribution in [2.45, 2.75) is 31.3 Å². The number of carbonyl (C=O) groups excluding carboxylic acids is 1. The van der Waals surface area contributed by atoms with Crippen molar-refractivity contribution in [3.05, 3.63) is 30.1 Å². The maximum atomic E-state index is 12.8. The minimum Gasteiger partial charge on any atom is -0.340 e. The number of carbonyl (C=O) groups is 1. The Hall–Kier alpha value is -1.53. The number of thioether (sulfide) groups is 1. The Balaban J connectivity index is 1.48. The number of benzene rings is 1. The smallest absolute Gasteiger partial charge is 0.237 e. The third-order valence-electron chi connectivity index (χ3n) is 5.21. The molecule has 1 amide bonds. The molecular formula is C18H24N4OS. The molecule has 0 radical (unpaired) electrons. The van der Waals surface area contributed by atoms with Gasteiger partial charge in [0.05, 0.1) is 23.6 Å². The summed E-state index contributed by atoms with van der Waals surface area (Å²) in [5, 5.41) is 0. The predicted molar refractivity (Wildman–Crippen MR) is 98.1 cm³/mol. The van der Waals surface area contributed by atoms with Crippen LogP contribution in [-0.2, 0) is 4.79 Å². The average molecular weight is 344 g/mol. The van der Waals surface area contributed by atoms with Gasteiger partial charge in [-0.25, -0.2) is 4.98 Å². The minimum absolute atomic E-state index is 0.0938. The van der Waals surface area contributed by atoms with Crippen LogP contribution in [0.2, 0.25) is 0 Å². The Bertz CT molecular complexity index is 692. The molecule has 0 bridgehead atoms. The Morgan fingerprint density at radius 3 is 3.08 bits per heavy atom. The topological polar surface area (TPSA) is 52.2 Å². The fraction of sp³-hybridized carbons (Fsp3) is 0.556. The molecule has 0 saturated carbocycles. The van der Waals surface area contributed by atoms with Crippen LogP contribution in [0.3, 0.4) is 0 Å². The molecule has 0 spiro atoms. The molecule has 0 unspecified atom stereocenters. The average Bonchev–Trinajstić information content (AvgIpc) is 3.32. The summed E-state index contributed by atoms with van der Waals surface area (Å²) in [7, 11) is 2.08. The molecule has 2 fully saturated rings. The number of hydrogen-bond acceptors (Lipinski definition) is 4. The van der Waals surface area contributed by atoms with Gasteiger partial charge < -0.3 is 9.88 Å². The number of aromatic nitrogens is 2. The zero-order chi connectivity index (χ0) is 16.5. The molecule has 6 heteroatoms. The Labute approximate surface area is 146 Å². The zero-order valence-corrected chi connectivity index (χ0v) is 14.9. The molecule has 2 aromatic rings. The van der Waals surface area contributed by atoms with E-state index in [4.69, 9.17) is 4.98 Å². The van der Waals surface area contributed by atoms with E-state index in [1.165, 1.54) is 12.2 Å². The summed E-state index contributed by atoms with van der Waals surface area (Å²) in [6, 6.07) is 8.71. The van der Waals surface area contributed by atoms with E-state index in [1.54, 1.807) is 0 Å². The fourth-order valence-corrected chi connectivity index (χ4v) is 5.08. The molecule has 1 aromatic carbocycles. The van der Waals surface area contributed by atoms with Crippen LogP contribution < -0.4 is 0 Å². The van der Waals surface area contributed by atoms with Gasteiger partial charge in [-0.2, -0.15) is 11.8 Å². The molecular weight excluding hydrogens is 320 g/mol. The van der Waals surface area contributed by atoms with E-state index in [-0.39, 0.29) is 11.9 Å². The maximum Gasteiger partial charge on any atom is 0.237 e. The molecule has 1 N–H and O–H groups in total. The lowest BCUT2D eigenvalue weighted by Gasteiger charge is -2.28. The lowest BCUT2D eigenvalue weighted by Crippen LogP contribution is -2.42. The van der Waals surface area contributed by atoms with Gasteiger partial charge in [0.15, 0.2) is 0 Å². The van der Waals surface area contributed by atoms with E-state index in [2.05, 4.69) is 16.9 Å². The number of hydrogen-bond donors (Lipinski definition) is 1. The Morgan fingerprint density at radius 1 is 1.42 bits per heavy atom. The predicted octanol–water partition coefficient (Wildman–Crippen LogP) is 2.66. The van der Waals surface area contributed by atoms with Crippen LogP contribution in [0.5, 0.6) is 0 Å². The molecule has 2 atom stereocenters. The van der Waals surface area contributed by atoms with E-state index in [1.807, 2.05) is 40.9 Å². The van der Waals surface area contributed by atoms with Gasteiger partial charge in [-0.05, 0) is 44.2 Å². The van der Waals surface area contributed by atoms with E-state index in [0.29, 0.717) is 12.6 Å². The van der Waals surface area contributed by atoms with Crippen LogP contribution in [0.25, 0.3) is 11.0 Å². The van der Waals surface area contributed by atoms with Crippen molar-refractivity contribution < 1.29 is 4.79 Å². The highest BCUT2D eigenvalue weighted by Gasteiger charge is 2.33. The first kappa shape index (κ1) is 16.0. The van der Waals surface area contributed by atoms with Crippen LogP contribution in [0.15, 0.2) is 24.3 Å². The number of amides is 1. The molecule has 2 saturated heterocycles. The van der Waals surface area contributed by atoms with Gasteiger partial charge in [0, 0.05) is 18.3 Å². The van der Waals surface area contributed by atoms with Crippen molar-refractivity contribution in [2.24, 2.45) is 0 Å². The fourth-order valence-electron chi connectivity index (χ4n) is 3.78. The van der Waals surface area contributed by atoms with Gasteiger partial charge in [0.1, 0.15) is 5.82 Å². The van der Waals surface area contributed by atoms with E-state index >= 15 is 0 Å². The van der Waals surface area contributed by atoms with Crippen molar-refractivity contribution in [1.82, 2.24) is 19.8 Å². The lowest BCUT2D eigenvalue weighted by atomic mass is 10.2. The molecule has 2 aliphatic rings.